The standard InChI is InChI=1S/C25H30N2O3/c1-19-14-26(16-22-9-7-21(8-10-22)11-12-25(29)30-3)15-20(2)27(19)17-23-5-4-6-24(13-23)18-28/h4-13,18-20H,14-17H2,1-3H3/b12-11+/t19-,20+. The molecule has 1 aliphatic rings. The molecule has 158 valence electrons. The van der Waals surface area contributed by atoms with Crippen molar-refractivity contribution in [1.29, 1.82) is 0 Å². The van der Waals surface area contributed by atoms with Crippen molar-refractivity contribution >= 4 is 18.3 Å². The van der Waals surface area contributed by atoms with E-state index in [-0.39, 0.29) is 5.97 Å². The first kappa shape index (κ1) is 21.9. The monoisotopic (exact) mass is 406 g/mol. The highest BCUT2D eigenvalue weighted by molar-refractivity contribution is 5.86. The molecule has 0 amide bonds. The van der Waals surface area contributed by atoms with E-state index < -0.39 is 0 Å². The number of hydrogen-bond acceptors (Lipinski definition) is 5. The van der Waals surface area contributed by atoms with E-state index in [4.69, 9.17) is 0 Å². The number of piperazine rings is 1. The molecule has 0 unspecified atom stereocenters. The van der Waals surface area contributed by atoms with Gasteiger partial charge in [-0.2, -0.15) is 0 Å². The molecule has 3 rings (SSSR count). The molecule has 1 aliphatic heterocycles. The summed E-state index contributed by atoms with van der Waals surface area (Å²) in [5.41, 5.74) is 4.16. The lowest BCUT2D eigenvalue weighted by molar-refractivity contribution is -0.134. The third-order valence-electron chi connectivity index (χ3n) is 5.63. The minimum Gasteiger partial charge on any atom is -0.466 e. The molecule has 2 aromatic carbocycles. The molecule has 5 heteroatoms. The Kier molecular flexibility index (Phi) is 7.55. The molecule has 0 bridgehead atoms. The van der Waals surface area contributed by atoms with Crippen LogP contribution in [0, 0.1) is 0 Å². The van der Waals surface area contributed by atoms with Crippen LogP contribution in [0.1, 0.15) is 40.9 Å². The van der Waals surface area contributed by atoms with Gasteiger partial charge in [-0.3, -0.25) is 14.6 Å². The molecule has 0 saturated carbocycles. The van der Waals surface area contributed by atoms with Crippen LogP contribution < -0.4 is 0 Å². The molecular weight excluding hydrogens is 376 g/mol. The second-order valence-corrected chi connectivity index (χ2v) is 8.03. The van der Waals surface area contributed by atoms with Gasteiger partial charge < -0.3 is 4.74 Å². The van der Waals surface area contributed by atoms with Crippen LogP contribution in [0.15, 0.2) is 54.6 Å². The lowest BCUT2D eigenvalue weighted by Crippen LogP contribution is -2.55. The topological polar surface area (TPSA) is 49.9 Å². The van der Waals surface area contributed by atoms with Crippen molar-refractivity contribution in [2.45, 2.75) is 39.0 Å². The van der Waals surface area contributed by atoms with Crippen LogP contribution in [0.5, 0.6) is 0 Å². The predicted molar refractivity (Wildman–Crippen MR) is 119 cm³/mol. The zero-order chi connectivity index (χ0) is 21.5. The lowest BCUT2D eigenvalue weighted by atomic mass is 10.0. The molecule has 2 aromatic rings. The van der Waals surface area contributed by atoms with Gasteiger partial charge in [0.1, 0.15) is 6.29 Å². The van der Waals surface area contributed by atoms with E-state index in [1.54, 1.807) is 6.08 Å². The number of benzene rings is 2. The zero-order valence-electron chi connectivity index (χ0n) is 18.0. The van der Waals surface area contributed by atoms with Crippen molar-refractivity contribution in [2.75, 3.05) is 20.2 Å². The van der Waals surface area contributed by atoms with Gasteiger partial charge in [0.05, 0.1) is 7.11 Å². The Morgan fingerprint density at radius 1 is 1.00 bits per heavy atom. The zero-order valence-corrected chi connectivity index (χ0v) is 18.0. The molecule has 0 N–H and O–H groups in total. The van der Waals surface area contributed by atoms with Gasteiger partial charge in [0, 0.05) is 49.9 Å². The lowest BCUT2D eigenvalue weighted by Gasteiger charge is -2.44. The number of rotatable bonds is 7. The van der Waals surface area contributed by atoms with E-state index in [9.17, 15) is 9.59 Å². The first-order valence-electron chi connectivity index (χ1n) is 10.4. The third-order valence-corrected chi connectivity index (χ3v) is 5.63. The van der Waals surface area contributed by atoms with Gasteiger partial charge >= 0.3 is 5.97 Å². The Bertz CT molecular complexity index is 880. The second kappa shape index (κ2) is 10.3. The van der Waals surface area contributed by atoms with Gasteiger partial charge in [-0.05, 0) is 42.7 Å². The Morgan fingerprint density at radius 2 is 1.70 bits per heavy atom. The molecule has 2 atom stereocenters. The van der Waals surface area contributed by atoms with Crippen molar-refractivity contribution < 1.29 is 14.3 Å². The molecule has 0 spiro atoms. The quantitative estimate of drug-likeness (QED) is 0.398. The maximum absolute atomic E-state index is 11.2. The average molecular weight is 407 g/mol. The Morgan fingerprint density at radius 3 is 2.33 bits per heavy atom. The molecule has 1 fully saturated rings. The van der Waals surface area contributed by atoms with Gasteiger partial charge in [0.2, 0.25) is 0 Å². The highest BCUT2D eigenvalue weighted by Gasteiger charge is 2.29. The normalized spacial score (nSPS) is 20.4. The van der Waals surface area contributed by atoms with E-state index in [1.807, 2.05) is 30.3 Å². The van der Waals surface area contributed by atoms with Crippen LogP contribution in [0.2, 0.25) is 0 Å². The first-order chi connectivity index (χ1) is 14.5. The van der Waals surface area contributed by atoms with E-state index in [0.29, 0.717) is 12.1 Å². The molecule has 0 aromatic heterocycles. The Hall–Kier alpha value is -2.76. The summed E-state index contributed by atoms with van der Waals surface area (Å²) in [5, 5.41) is 0. The van der Waals surface area contributed by atoms with Gasteiger partial charge in [0.25, 0.3) is 0 Å². The number of ether oxygens (including phenoxy) is 1. The van der Waals surface area contributed by atoms with E-state index in [2.05, 4.69) is 46.6 Å². The number of carbonyl (C=O) groups is 2. The van der Waals surface area contributed by atoms with Gasteiger partial charge in [-0.1, -0.05) is 42.5 Å². The van der Waals surface area contributed by atoms with Crippen LogP contribution in [-0.2, 0) is 22.6 Å². The molecule has 1 saturated heterocycles. The van der Waals surface area contributed by atoms with E-state index >= 15 is 0 Å². The molecule has 30 heavy (non-hydrogen) atoms. The smallest absolute Gasteiger partial charge is 0.330 e. The Labute approximate surface area is 178 Å². The summed E-state index contributed by atoms with van der Waals surface area (Å²) in [6.07, 6.45) is 4.10. The van der Waals surface area contributed by atoms with Gasteiger partial charge in [-0.15, -0.1) is 0 Å². The summed E-state index contributed by atoms with van der Waals surface area (Å²) in [6, 6.07) is 17.0. The average Bonchev–Trinajstić information content (AvgIpc) is 2.75. The summed E-state index contributed by atoms with van der Waals surface area (Å²) in [4.78, 5) is 27.3. The van der Waals surface area contributed by atoms with Crippen molar-refractivity contribution in [3.05, 3.63) is 76.9 Å². The number of nitrogens with zero attached hydrogens (tertiary/aromatic N) is 2. The van der Waals surface area contributed by atoms with Gasteiger partial charge in [-0.25, -0.2) is 4.79 Å². The predicted octanol–water partition coefficient (Wildman–Crippen LogP) is 3.78. The number of hydrogen-bond donors (Lipinski definition) is 0. The number of esters is 1. The van der Waals surface area contributed by atoms with Crippen molar-refractivity contribution in [1.82, 2.24) is 9.80 Å². The second-order valence-electron chi connectivity index (χ2n) is 8.03. The maximum atomic E-state index is 11.2. The summed E-state index contributed by atoms with van der Waals surface area (Å²) < 4.78 is 4.62. The van der Waals surface area contributed by atoms with E-state index in [0.717, 1.165) is 43.6 Å². The van der Waals surface area contributed by atoms with Crippen molar-refractivity contribution in [3.8, 4) is 0 Å². The fourth-order valence-corrected chi connectivity index (χ4v) is 4.11. The van der Waals surface area contributed by atoms with Crippen molar-refractivity contribution in [3.63, 3.8) is 0 Å². The fraction of sp³-hybridized carbons (Fsp3) is 0.360. The molecular formula is C25H30N2O3. The largest absolute Gasteiger partial charge is 0.466 e. The highest BCUT2D eigenvalue weighted by atomic mass is 16.5. The molecule has 0 aliphatic carbocycles. The van der Waals surface area contributed by atoms with Crippen LogP contribution in [0.25, 0.3) is 6.08 Å². The number of methoxy groups -OCH3 is 1. The molecule has 0 radical (unpaired) electrons. The highest BCUT2D eigenvalue weighted by Crippen LogP contribution is 2.21. The maximum Gasteiger partial charge on any atom is 0.330 e. The minimum absolute atomic E-state index is 0.349. The number of carbonyl (C=O) groups excluding carboxylic acids is 2. The van der Waals surface area contributed by atoms with Gasteiger partial charge in [0.15, 0.2) is 0 Å². The van der Waals surface area contributed by atoms with Crippen LogP contribution in [-0.4, -0.2) is 54.3 Å². The van der Waals surface area contributed by atoms with Crippen LogP contribution in [0.3, 0.4) is 0 Å². The third kappa shape index (κ3) is 5.88. The minimum atomic E-state index is -0.349. The fourth-order valence-electron chi connectivity index (χ4n) is 4.11. The molecule has 5 nitrogen and oxygen atoms in total. The van der Waals surface area contributed by atoms with Crippen LogP contribution in [0.4, 0.5) is 0 Å². The van der Waals surface area contributed by atoms with E-state index in [1.165, 1.54) is 24.3 Å². The summed E-state index contributed by atoms with van der Waals surface area (Å²) in [6.45, 7) is 8.31. The molecule has 1 heterocycles. The summed E-state index contributed by atoms with van der Waals surface area (Å²) in [5.74, 6) is -0.349. The first-order valence-corrected chi connectivity index (χ1v) is 10.4. The van der Waals surface area contributed by atoms with Crippen LogP contribution >= 0.6 is 0 Å². The SMILES string of the molecule is COC(=O)/C=C/c1ccc(CN2C[C@@H](C)N(Cc3cccc(C=O)c3)[C@@H](C)C2)cc1. The number of aldehydes is 1. The van der Waals surface area contributed by atoms with Crippen molar-refractivity contribution in [2.24, 2.45) is 0 Å². The summed E-state index contributed by atoms with van der Waals surface area (Å²) in [7, 11) is 1.37. The Balaban J connectivity index is 1.58. The summed E-state index contributed by atoms with van der Waals surface area (Å²) >= 11 is 0.